The Morgan fingerprint density at radius 3 is 2.28 bits per heavy atom. The lowest BCUT2D eigenvalue weighted by molar-refractivity contribution is -0.143. The van der Waals surface area contributed by atoms with Gasteiger partial charge >= 0.3 is 12.1 Å². The number of benzene rings is 1. The third-order valence-corrected chi connectivity index (χ3v) is 6.00. The van der Waals surface area contributed by atoms with E-state index >= 15 is 0 Å². The Morgan fingerprint density at radius 1 is 1.12 bits per heavy atom. The van der Waals surface area contributed by atoms with Gasteiger partial charge in [0.05, 0.1) is 25.2 Å². The Balaban J connectivity index is 2.08. The molecule has 1 aromatic carbocycles. The van der Waals surface area contributed by atoms with Gasteiger partial charge < -0.3 is 25.0 Å². The fraction of sp³-hybridized carbons (Fsp3) is 0.680. The smallest absolute Gasteiger partial charge is 0.407 e. The maximum absolute atomic E-state index is 12.4. The van der Waals surface area contributed by atoms with E-state index in [1.807, 2.05) is 12.1 Å². The van der Waals surface area contributed by atoms with Crippen molar-refractivity contribution in [2.75, 3.05) is 7.11 Å². The largest absolute Gasteiger partial charge is 0.497 e. The average Bonchev–Trinajstić information content (AvgIpc) is 2.72. The summed E-state index contributed by atoms with van der Waals surface area (Å²) in [5.74, 6) is -0.626. The number of methoxy groups -OCH3 is 1. The molecule has 0 heterocycles. The Kier molecular flexibility index (Phi) is 9.82. The van der Waals surface area contributed by atoms with Crippen LogP contribution in [0.5, 0.6) is 5.75 Å². The van der Waals surface area contributed by atoms with Crippen LogP contribution in [0.1, 0.15) is 71.3 Å². The molecule has 3 atom stereocenters. The molecule has 32 heavy (non-hydrogen) atoms. The molecule has 1 aliphatic rings. The van der Waals surface area contributed by atoms with Crippen LogP contribution in [0.3, 0.4) is 0 Å². The fourth-order valence-electron chi connectivity index (χ4n) is 4.33. The van der Waals surface area contributed by atoms with Gasteiger partial charge in [-0.2, -0.15) is 0 Å². The number of aliphatic carboxylic acids is 1. The van der Waals surface area contributed by atoms with Gasteiger partial charge in [-0.1, -0.05) is 44.2 Å². The van der Waals surface area contributed by atoms with Gasteiger partial charge in [0.2, 0.25) is 0 Å². The zero-order chi connectivity index (χ0) is 23.7. The Bertz CT molecular complexity index is 721. The quantitative estimate of drug-likeness (QED) is 0.484. The highest BCUT2D eigenvalue weighted by Gasteiger charge is 2.31. The van der Waals surface area contributed by atoms with E-state index in [0.29, 0.717) is 24.5 Å². The lowest BCUT2D eigenvalue weighted by atomic mass is 9.82. The molecule has 3 unspecified atom stereocenters. The third-order valence-electron chi connectivity index (χ3n) is 6.00. The van der Waals surface area contributed by atoms with E-state index < -0.39 is 35.7 Å². The number of amides is 1. The van der Waals surface area contributed by atoms with Crippen molar-refractivity contribution in [2.24, 2.45) is 11.8 Å². The summed E-state index contributed by atoms with van der Waals surface area (Å²) in [4.78, 5) is 24.4. The van der Waals surface area contributed by atoms with E-state index in [1.165, 1.54) is 6.42 Å². The fourth-order valence-corrected chi connectivity index (χ4v) is 4.33. The first kappa shape index (κ1) is 26.0. The van der Waals surface area contributed by atoms with Crippen LogP contribution in [0.25, 0.3) is 0 Å². The highest BCUT2D eigenvalue weighted by molar-refractivity contribution is 5.70. The molecular formula is C25H39NO6. The number of aliphatic hydroxyl groups excluding tert-OH is 1. The molecule has 1 amide bonds. The summed E-state index contributed by atoms with van der Waals surface area (Å²) >= 11 is 0. The number of carbonyl (C=O) groups is 2. The van der Waals surface area contributed by atoms with E-state index in [1.54, 1.807) is 40.0 Å². The van der Waals surface area contributed by atoms with Gasteiger partial charge in [0.1, 0.15) is 11.4 Å². The molecule has 1 fully saturated rings. The van der Waals surface area contributed by atoms with Crippen LogP contribution >= 0.6 is 0 Å². The van der Waals surface area contributed by atoms with Crippen LogP contribution in [0, 0.1) is 11.8 Å². The first-order chi connectivity index (χ1) is 15.1. The Hall–Kier alpha value is -2.28. The maximum atomic E-state index is 12.4. The second-order valence-electron chi connectivity index (χ2n) is 9.88. The summed E-state index contributed by atoms with van der Waals surface area (Å²) in [5.41, 5.74) is 0.205. The summed E-state index contributed by atoms with van der Waals surface area (Å²) in [7, 11) is 1.58. The topological polar surface area (TPSA) is 105 Å². The van der Waals surface area contributed by atoms with Gasteiger partial charge in [0.15, 0.2) is 0 Å². The second-order valence-corrected chi connectivity index (χ2v) is 9.88. The number of nitrogens with one attached hydrogen (secondary N) is 1. The van der Waals surface area contributed by atoms with Gasteiger partial charge in [-0.3, -0.25) is 4.79 Å². The van der Waals surface area contributed by atoms with Gasteiger partial charge in [-0.15, -0.1) is 0 Å². The van der Waals surface area contributed by atoms with Gasteiger partial charge in [0.25, 0.3) is 0 Å². The molecule has 0 bridgehead atoms. The van der Waals surface area contributed by atoms with Crippen molar-refractivity contribution in [1.29, 1.82) is 0 Å². The molecule has 0 aliphatic heterocycles. The van der Waals surface area contributed by atoms with Crippen molar-refractivity contribution in [3.63, 3.8) is 0 Å². The highest BCUT2D eigenvalue weighted by Crippen LogP contribution is 2.29. The van der Waals surface area contributed by atoms with Crippen molar-refractivity contribution in [1.82, 2.24) is 5.32 Å². The van der Waals surface area contributed by atoms with Gasteiger partial charge in [0, 0.05) is 0 Å². The average molecular weight is 450 g/mol. The first-order valence-electron chi connectivity index (χ1n) is 11.6. The number of alkyl carbamates (subject to hydrolysis) is 1. The zero-order valence-corrected chi connectivity index (χ0v) is 19.8. The number of carbonyl (C=O) groups excluding carboxylic acids is 1. The summed E-state index contributed by atoms with van der Waals surface area (Å²) < 4.78 is 10.5. The monoisotopic (exact) mass is 449 g/mol. The van der Waals surface area contributed by atoms with Crippen molar-refractivity contribution in [3.05, 3.63) is 29.8 Å². The maximum Gasteiger partial charge on any atom is 0.407 e. The molecule has 180 valence electrons. The number of rotatable bonds is 10. The highest BCUT2D eigenvalue weighted by atomic mass is 16.6. The predicted octanol–water partition coefficient (Wildman–Crippen LogP) is 4.55. The first-order valence-corrected chi connectivity index (χ1v) is 11.6. The molecular weight excluding hydrogens is 410 g/mol. The van der Waals surface area contributed by atoms with E-state index in [9.17, 15) is 19.8 Å². The lowest BCUT2D eigenvalue weighted by Crippen LogP contribution is -2.47. The molecule has 0 radical (unpaired) electrons. The third kappa shape index (κ3) is 9.07. The molecule has 0 aromatic heterocycles. The van der Waals surface area contributed by atoms with Crippen molar-refractivity contribution in [3.8, 4) is 5.75 Å². The predicted molar refractivity (Wildman–Crippen MR) is 123 cm³/mol. The van der Waals surface area contributed by atoms with Crippen LogP contribution in [0.15, 0.2) is 24.3 Å². The van der Waals surface area contributed by atoms with Crippen LogP contribution in [0.2, 0.25) is 0 Å². The number of ether oxygens (including phenoxy) is 2. The Labute approximate surface area is 191 Å². The van der Waals surface area contributed by atoms with Crippen molar-refractivity contribution >= 4 is 12.1 Å². The summed E-state index contributed by atoms with van der Waals surface area (Å²) in [6.45, 7) is 5.36. The standard InChI is InChI=1S/C25H39NO6/c1-25(2,3)32-24(30)26-21(15-17-8-6-5-7-9-17)22(27)16-19(23(28)29)14-18-10-12-20(31-4)13-11-18/h10-13,17,19,21-22,27H,5-9,14-16H2,1-4H3,(H,26,30)(H,28,29). The van der Waals surface area contributed by atoms with Crippen LogP contribution in [-0.4, -0.2) is 47.1 Å². The lowest BCUT2D eigenvalue weighted by Gasteiger charge is -2.32. The molecule has 7 nitrogen and oxygen atoms in total. The van der Waals surface area contributed by atoms with Crippen LogP contribution < -0.4 is 10.1 Å². The number of carboxylic acid groups (broad SMARTS) is 1. The SMILES string of the molecule is COc1ccc(CC(CC(O)C(CC2CCCCC2)NC(=O)OC(C)(C)C)C(=O)O)cc1. The summed E-state index contributed by atoms with van der Waals surface area (Å²) in [6, 6.07) is 6.70. The molecule has 2 rings (SSSR count). The second kappa shape index (κ2) is 12.1. The van der Waals surface area contributed by atoms with Gasteiger partial charge in [-0.25, -0.2) is 4.79 Å². The van der Waals surface area contributed by atoms with Crippen LogP contribution in [-0.2, 0) is 16.0 Å². The molecule has 1 aromatic rings. The number of aliphatic hydroxyl groups is 1. The molecule has 0 saturated heterocycles. The minimum Gasteiger partial charge on any atom is -0.497 e. The van der Waals surface area contributed by atoms with Gasteiger partial charge in [-0.05, 0) is 63.6 Å². The number of carboxylic acids is 1. The molecule has 1 aliphatic carbocycles. The van der Waals surface area contributed by atoms with E-state index in [4.69, 9.17) is 9.47 Å². The Morgan fingerprint density at radius 2 is 1.75 bits per heavy atom. The number of hydrogen-bond donors (Lipinski definition) is 3. The zero-order valence-electron chi connectivity index (χ0n) is 19.8. The normalized spacial score (nSPS) is 17.8. The molecule has 7 heteroatoms. The van der Waals surface area contributed by atoms with E-state index in [-0.39, 0.29) is 6.42 Å². The summed E-state index contributed by atoms with van der Waals surface area (Å²) in [5, 5.41) is 23.6. The minimum atomic E-state index is -0.983. The number of hydrogen-bond acceptors (Lipinski definition) is 5. The van der Waals surface area contributed by atoms with Crippen molar-refractivity contribution in [2.45, 2.75) is 89.9 Å². The van der Waals surface area contributed by atoms with E-state index in [0.717, 1.165) is 31.2 Å². The van der Waals surface area contributed by atoms with Crippen LogP contribution in [0.4, 0.5) is 4.79 Å². The molecule has 0 spiro atoms. The van der Waals surface area contributed by atoms with Crippen molar-refractivity contribution < 1.29 is 29.3 Å². The van der Waals surface area contributed by atoms with E-state index in [2.05, 4.69) is 5.32 Å². The summed E-state index contributed by atoms with van der Waals surface area (Å²) in [6.07, 6.45) is 5.03. The molecule has 3 N–H and O–H groups in total. The molecule has 1 saturated carbocycles. The minimum absolute atomic E-state index is 0.0501.